The molecule has 1 aromatic carbocycles. The van der Waals surface area contributed by atoms with Crippen LogP contribution in [0.25, 0.3) is 16.9 Å². The fourth-order valence-electron chi connectivity index (χ4n) is 3.68. The van der Waals surface area contributed by atoms with Gasteiger partial charge in [-0.15, -0.1) is 0 Å². The number of hydrogen-bond acceptors (Lipinski definition) is 6. The lowest BCUT2D eigenvalue weighted by atomic mass is 10.00. The summed E-state index contributed by atoms with van der Waals surface area (Å²) in [6.45, 7) is -3.18. The molecule has 7 nitrogen and oxygen atoms in total. The number of Topliss-reactive ketones (excluding diaryl/α,β-unsaturated/α-hetero) is 1. The van der Waals surface area contributed by atoms with Crippen LogP contribution in [0.5, 0.6) is 11.5 Å². The summed E-state index contributed by atoms with van der Waals surface area (Å²) in [5.74, 6) is -6.05. The number of benzene rings is 1. The SMILES string of the molecule is COC(=O)C(F)(F)c1ccn2c(-c3cc(OC)c(C(=O)CC4CC4)c(OC(F)F)c3)cnc2c1. The van der Waals surface area contributed by atoms with Crippen LogP contribution in [0.4, 0.5) is 17.6 Å². The first-order valence-electron chi connectivity index (χ1n) is 10.3. The lowest BCUT2D eigenvalue weighted by Crippen LogP contribution is -2.27. The first-order chi connectivity index (χ1) is 16.1. The van der Waals surface area contributed by atoms with Crippen LogP contribution >= 0.6 is 0 Å². The molecule has 0 amide bonds. The largest absolute Gasteiger partial charge is 0.496 e. The van der Waals surface area contributed by atoms with Gasteiger partial charge in [0.05, 0.1) is 26.1 Å². The van der Waals surface area contributed by atoms with Gasteiger partial charge in [-0.05, 0) is 43.0 Å². The van der Waals surface area contributed by atoms with E-state index < -0.39 is 24.1 Å². The fraction of sp³-hybridized carbons (Fsp3) is 0.348. The molecular weight excluding hydrogens is 460 g/mol. The van der Waals surface area contributed by atoms with Gasteiger partial charge >= 0.3 is 18.5 Å². The number of imidazole rings is 1. The van der Waals surface area contributed by atoms with E-state index in [4.69, 9.17) is 4.74 Å². The minimum atomic E-state index is -3.88. The third-order valence-electron chi connectivity index (χ3n) is 5.57. The fourth-order valence-corrected chi connectivity index (χ4v) is 3.68. The Balaban J connectivity index is 1.79. The van der Waals surface area contributed by atoms with Gasteiger partial charge in [-0.25, -0.2) is 9.78 Å². The second-order valence-electron chi connectivity index (χ2n) is 7.85. The van der Waals surface area contributed by atoms with Gasteiger partial charge in [0.15, 0.2) is 5.78 Å². The molecular formula is C23H20F4N2O5. The van der Waals surface area contributed by atoms with Crippen LogP contribution in [0, 0.1) is 5.92 Å². The lowest BCUT2D eigenvalue weighted by Gasteiger charge is -2.16. The summed E-state index contributed by atoms with van der Waals surface area (Å²) in [7, 11) is 2.16. The maximum Gasteiger partial charge on any atom is 0.387 e. The summed E-state index contributed by atoms with van der Waals surface area (Å²) in [6, 6.07) is 4.77. The highest BCUT2D eigenvalue weighted by Gasteiger charge is 2.42. The molecule has 0 atom stereocenters. The number of rotatable bonds is 9. The summed E-state index contributed by atoms with van der Waals surface area (Å²) >= 11 is 0. The maximum atomic E-state index is 14.2. The smallest absolute Gasteiger partial charge is 0.387 e. The summed E-state index contributed by atoms with van der Waals surface area (Å²) in [4.78, 5) is 28.3. The number of methoxy groups -OCH3 is 2. The monoisotopic (exact) mass is 480 g/mol. The number of carbonyl (C=O) groups is 2. The lowest BCUT2D eigenvalue weighted by molar-refractivity contribution is -0.170. The molecule has 2 heterocycles. The Morgan fingerprint density at radius 2 is 1.88 bits per heavy atom. The van der Waals surface area contributed by atoms with Crippen molar-refractivity contribution in [1.29, 1.82) is 0 Å². The number of hydrogen-bond donors (Lipinski definition) is 0. The molecule has 1 aliphatic carbocycles. The van der Waals surface area contributed by atoms with Crippen molar-refractivity contribution in [3.05, 3.63) is 47.8 Å². The van der Waals surface area contributed by atoms with Crippen LogP contribution < -0.4 is 9.47 Å². The van der Waals surface area contributed by atoms with Gasteiger partial charge in [0.2, 0.25) is 0 Å². The molecule has 4 rings (SSSR count). The highest BCUT2D eigenvalue weighted by atomic mass is 19.3. The Morgan fingerprint density at radius 1 is 1.18 bits per heavy atom. The van der Waals surface area contributed by atoms with Crippen molar-refractivity contribution in [3.8, 4) is 22.8 Å². The van der Waals surface area contributed by atoms with Crippen molar-refractivity contribution >= 4 is 17.4 Å². The van der Waals surface area contributed by atoms with Crippen molar-refractivity contribution in [1.82, 2.24) is 9.38 Å². The molecule has 2 aromatic heterocycles. The van der Waals surface area contributed by atoms with Gasteiger partial charge in [-0.1, -0.05) is 0 Å². The van der Waals surface area contributed by atoms with E-state index in [-0.39, 0.29) is 40.8 Å². The predicted octanol–water partition coefficient (Wildman–Crippen LogP) is 4.86. The van der Waals surface area contributed by atoms with E-state index in [0.717, 1.165) is 32.1 Å². The molecule has 34 heavy (non-hydrogen) atoms. The topological polar surface area (TPSA) is 79.1 Å². The van der Waals surface area contributed by atoms with Crippen molar-refractivity contribution in [2.24, 2.45) is 5.92 Å². The molecule has 0 unspecified atom stereocenters. The predicted molar refractivity (Wildman–Crippen MR) is 111 cm³/mol. The normalized spacial score (nSPS) is 13.9. The molecule has 180 valence electrons. The molecule has 0 saturated heterocycles. The highest BCUT2D eigenvalue weighted by molar-refractivity contribution is 6.02. The Hall–Kier alpha value is -3.63. The Morgan fingerprint density at radius 3 is 2.50 bits per heavy atom. The number of esters is 1. The summed E-state index contributed by atoms with van der Waals surface area (Å²) in [6.07, 6.45) is 4.59. The van der Waals surface area contributed by atoms with E-state index >= 15 is 0 Å². The number of alkyl halides is 4. The molecule has 11 heteroatoms. The second-order valence-corrected chi connectivity index (χ2v) is 7.85. The third-order valence-corrected chi connectivity index (χ3v) is 5.57. The molecule has 0 N–H and O–H groups in total. The number of halogens is 4. The Kier molecular flexibility index (Phi) is 6.20. The summed E-state index contributed by atoms with van der Waals surface area (Å²) in [5.41, 5.74) is 0.00820. The van der Waals surface area contributed by atoms with Crippen molar-refractivity contribution in [3.63, 3.8) is 0 Å². The second kappa shape index (κ2) is 8.96. The van der Waals surface area contributed by atoms with Crippen LogP contribution in [0.1, 0.15) is 35.2 Å². The van der Waals surface area contributed by atoms with E-state index in [9.17, 15) is 27.2 Å². The molecule has 0 aliphatic heterocycles. The molecule has 1 aliphatic rings. The Labute approximate surface area is 191 Å². The van der Waals surface area contributed by atoms with E-state index in [1.165, 1.54) is 36.0 Å². The first kappa shape index (κ1) is 23.5. The van der Waals surface area contributed by atoms with Crippen molar-refractivity contribution in [2.45, 2.75) is 31.8 Å². The van der Waals surface area contributed by atoms with Crippen molar-refractivity contribution < 1.29 is 41.4 Å². The Bertz CT molecular complexity index is 1250. The number of aromatic nitrogens is 2. The van der Waals surface area contributed by atoms with Crippen LogP contribution in [-0.4, -0.2) is 42.0 Å². The molecule has 0 radical (unpaired) electrons. The number of pyridine rings is 1. The van der Waals surface area contributed by atoms with Crippen molar-refractivity contribution in [2.75, 3.05) is 14.2 Å². The minimum absolute atomic E-state index is 0.0441. The van der Waals surface area contributed by atoms with Crippen LogP contribution in [0.3, 0.4) is 0 Å². The highest BCUT2D eigenvalue weighted by Crippen LogP contribution is 2.40. The zero-order valence-electron chi connectivity index (χ0n) is 18.2. The summed E-state index contributed by atoms with van der Waals surface area (Å²) in [5, 5.41) is 0. The van der Waals surface area contributed by atoms with Crippen LogP contribution in [0.2, 0.25) is 0 Å². The quantitative estimate of drug-likeness (QED) is 0.247. The third kappa shape index (κ3) is 4.42. The average molecular weight is 480 g/mol. The molecule has 3 aromatic rings. The van der Waals surface area contributed by atoms with E-state index in [1.54, 1.807) is 0 Å². The van der Waals surface area contributed by atoms with E-state index in [2.05, 4.69) is 14.5 Å². The molecule has 1 fully saturated rings. The number of nitrogens with zero attached hydrogens (tertiary/aromatic N) is 2. The maximum absolute atomic E-state index is 14.2. The zero-order valence-corrected chi connectivity index (χ0v) is 18.2. The van der Waals surface area contributed by atoms with Gasteiger partial charge < -0.3 is 14.2 Å². The van der Waals surface area contributed by atoms with Gasteiger partial charge in [0.1, 0.15) is 22.7 Å². The van der Waals surface area contributed by atoms with Crippen LogP contribution in [0.15, 0.2) is 36.7 Å². The molecule has 0 bridgehead atoms. The van der Waals surface area contributed by atoms with E-state index in [1.807, 2.05) is 0 Å². The van der Waals surface area contributed by atoms with E-state index in [0.29, 0.717) is 11.3 Å². The van der Waals surface area contributed by atoms with Gasteiger partial charge in [-0.2, -0.15) is 17.6 Å². The van der Waals surface area contributed by atoms with Gasteiger partial charge in [0.25, 0.3) is 0 Å². The number of fused-ring (bicyclic) bond motifs is 1. The number of carbonyl (C=O) groups excluding carboxylic acids is 2. The first-order valence-corrected chi connectivity index (χ1v) is 10.3. The number of ether oxygens (including phenoxy) is 3. The van der Waals surface area contributed by atoms with Gasteiger partial charge in [0, 0.05) is 23.7 Å². The zero-order chi connectivity index (χ0) is 24.6. The standard InChI is InChI=1S/C23H20F4N2O5/c1-32-17-8-13(9-18(34-22(24)25)20(17)16(30)7-12-3-4-12)15-11-28-19-10-14(5-6-29(15)19)23(26,27)21(31)33-2/h5-6,8-12,22H,3-4,7H2,1-2H3. The van der Waals surface area contributed by atoms with Gasteiger partial charge in [-0.3, -0.25) is 9.20 Å². The molecule has 0 spiro atoms. The molecule has 1 saturated carbocycles. The summed E-state index contributed by atoms with van der Waals surface area (Å²) < 4.78 is 70.3. The number of ketones is 1. The minimum Gasteiger partial charge on any atom is -0.496 e. The van der Waals surface area contributed by atoms with Crippen LogP contribution in [-0.2, 0) is 15.5 Å². The average Bonchev–Trinajstić information content (AvgIpc) is 3.51.